The minimum absolute atomic E-state index is 0.0174. The summed E-state index contributed by atoms with van der Waals surface area (Å²) in [4.78, 5) is 41.6. The summed E-state index contributed by atoms with van der Waals surface area (Å²) in [7, 11) is 0. The fraction of sp³-hybridized carbons (Fsp3) is 0.190. The molecule has 0 spiro atoms. The van der Waals surface area contributed by atoms with Crippen molar-refractivity contribution in [2.24, 2.45) is 5.92 Å². The standard InChI is InChI=1S/C21H18ClN5O4S/c1-12-2-7-16(27(30)31)9-18(12)26-10-14(8-19(26)28)20(29)24-25-21-23-17(11-32-21)13-3-5-15(22)6-4-13/h2-7,9,11,14H,8,10H2,1H3,(H,23,25)(H,24,29). The summed E-state index contributed by atoms with van der Waals surface area (Å²) in [5.41, 5.74) is 8.10. The predicted molar refractivity (Wildman–Crippen MR) is 123 cm³/mol. The zero-order valence-electron chi connectivity index (χ0n) is 16.9. The Hall–Kier alpha value is -3.50. The molecule has 1 fully saturated rings. The molecular formula is C21H18ClN5O4S. The molecule has 1 aliphatic heterocycles. The van der Waals surface area contributed by atoms with Gasteiger partial charge in [0.25, 0.3) is 5.69 Å². The van der Waals surface area contributed by atoms with Gasteiger partial charge in [-0.3, -0.25) is 30.6 Å². The Kier molecular flexibility index (Phi) is 6.06. The molecule has 1 aromatic heterocycles. The quantitative estimate of drug-likeness (QED) is 0.411. The second-order valence-corrected chi connectivity index (χ2v) is 8.59. The number of rotatable bonds is 6. The lowest BCUT2D eigenvalue weighted by Gasteiger charge is -2.19. The SMILES string of the molecule is Cc1ccc([N+](=O)[O-])cc1N1CC(C(=O)NNc2nc(-c3ccc(Cl)cc3)cs2)CC1=O. The topological polar surface area (TPSA) is 117 Å². The van der Waals surface area contributed by atoms with E-state index in [4.69, 9.17) is 11.6 Å². The van der Waals surface area contributed by atoms with Gasteiger partial charge in [-0.15, -0.1) is 11.3 Å². The van der Waals surface area contributed by atoms with E-state index in [9.17, 15) is 19.7 Å². The lowest BCUT2D eigenvalue weighted by molar-refractivity contribution is -0.384. The van der Waals surface area contributed by atoms with Crippen molar-refractivity contribution < 1.29 is 14.5 Å². The minimum Gasteiger partial charge on any atom is -0.311 e. The number of nitro benzene ring substituents is 1. The number of halogens is 1. The Labute approximate surface area is 192 Å². The van der Waals surface area contributed by atoms with Crippen molar-refractivity contribution in [2.45, 2.75) is 13.3 Å². The summed E-state index contributed by atoms with van der Waals surface area (Å²) >= 11 is 7.23. The first-order chi connectivity index (χ1) is 15.3. The predicted octanol–water partition coefficient (Wildman–Crippen LogP) is 4.18. The third-order valence-corrected chi connectivity index (χ3v) is 6.14. The number of carbonyl (C=O) groups is 2. The van der Waals surface area contributed by atoms with E-state index in [0.29, 0.717) is 15.8 Å². The van der Waals surface area contributed by atoms with Crippen LogP contribution in [0.25, 0.3) is 11.3 Å². The van der Waals surface area contributed by atoms with E-state index in [2.05, 4.69) is 15.8 Å². The fourth-order valence-corrected chi connectivity index (χ4v) is 4.22. The van der Waals surface area contributed by atoms with Crippen LogP contribution in [0, 0.1) is 23.0 Å². The van der Waals surface area contributed by atoms with Crippen LogP contribution >= 0.6 is 22.9 Å². The highest BCUT2D eigenvalue weighted by atomic mass is 35.5. The lowest BCUT2D eigenvalue weighted by Crippen LogP contribution is -2.36. The Morgan fingerprint density at radius 3 is 2.75 bits per heavy atom. The minimum atomic E-state index is -0.593. The van der Waals surface area contributed by atoms with Crippen LogP contribution in [0.2, 0.25) is 5.02 Å². The molecule has 2 N–H and O–H groups in total. The number of aryl methyl sites for hydroxylation is 1. The molecular weight excluding hydrogens is 454 g/mol. The van der Waals surface area contributed by atoms with Gasteiger partial charge in [0.05, 0.1) is 22.2 Å². The number of hydrazine groups is 1. The van der Waals surface area contributed by atoms with Crippen LogP contribution < -0.4 is 15.8 Å². The molecule has 164 valence electrons. The smallest absolute Gasteiger partial charge is 0.271 e. The van der Waals surface area contributed by atoms with Gasteiger partial charge in [-0.25, -0.2) is 4.98 Å². The largest absolute Gasteiger partial charge is 0.311 e. The maximum atomic E-state index is 12.6. The molecule has 1 saturated heterocycles. The highest BCUT2D eigenvalue weighted by molar-refractivity contribution is 7.14. The molecule has 0 aliphatic carbocycles. The van der Waals surface area contributed by atoms with E-state index in [1.807, 2.05) is 17.5 Å². The number of benzene rings is 2. The van der Waals surface area contributed by atoms with E-state index in [1.54, 1.807) is 25.1 Å². The maximum absolute atomic E-state index is 12.6. The number of amides is 2. The van der Waals surface area contributed by atoms with Crippen molar-refractivity contribution in [1.29, 1.82) is 0 Å². The second kappa shape index (κ2) is 8.93. The molecule has 4 rings (SSSR count). The number of non-ortho nitro benzene ring substituents is 1. The van der Waals surface area contributed by atoms with E-state index in [0.717, 1.165) is 16.8 Å². The van der Waals surface area contributed by atoms with Gasteiger partial charge in [0.1, 0.15) is 0 Å². The number of nitrogens with zero attached hydrogens (tertiary/aromatic N) is 3. The lowest BCUT2D eigenvalue weighted by atomic mass is 10.1. The maximum Gasteiger partial charge on any atom is 0.271 e. The number of hydrogen-bond donors (Lipinski definition) is 2. The van der Waals surface area contributed by atoms with Crippen LogP contribution in [0.1, 0.15) is 12.0 Å². The number of hydrogen-bond acceptors (Lipinski definition) is 7. The van der Waals surface area contributed by atoms with Gasteiger partial charge >= 0.3 is 0 Å². The Bertz CT molecular complexity index is 1200. The summed E-state index contributed by atoms with van der Waals surface area (Å²) < 4.78 is 0. The molecule has 0 radical (unpaired) electrons. The van der Waals surface area contributed by atoms with Crippen LogP contribution in [0.15, 0.2) is 47.8 Å². The molecule has 0 saturated carbocycles. The third-order valence-electron chi connectivity index (χ3n) is 5.13. The second-order valence-electron chi connectivity index (χ2n) is 7.29. The summed E-state index contributed by atoms with van der Waals surface area (Å²) in [6, 6.07) is 11.6. The van der Waals surface area contributed by atoms with E-state index in [1.165, 1.54) is 28.4 Å². The zero-order valence-corrected chi connectivity index (χ0v) is 18.4. The van der Waals surface area contributed by atoms with E-state index >= 15 is 0 Å². The first-order valence-corrected chi connectivity index (χ1v) is 10.9. The molecule has 32 heavy (non-hydrogen) atoms. The Morgan fingerprint density at radius 2 is 2.03 bits per heavy atom. The first kappa shape index (κ1) is 21.7. The van der Waals surface area contributed by atoms with Gasteiger partial charge < -0.3 is 4.90 Å². The van der Waals surface area contributed by atoms with Crippen molar-refractivity contribution >= 4 is 51.3 Å². The van der Waals surface area contributed by atoms with Gasteiger partial charge in [0.2, 0.25) is 16.9 Å². The van der Waals surface area contributed by atoms with Crippen molar-refractivity contribution in [3.63, 3.8) is 0 Å². The zero-order chi connectivity index (χ0) is 22.8. The summed E-state index contributed by atoms with van der Waals surface area (Å²) in [5.74, 6) is -1.20. The molecule has 0 bridgehead atoms. The van der Waals surface area contributed by atoms with Crippen molar-refractivity contribution in [3.05, 3.63) is 68.5 Å². The van der Waals surface area contributed by atoms with Gasteiger partial charge in [-0.1, -0.05) is 29.8 Å². The monoisotopic (exact) mass is 471 g/mol. The fourth-order valence-electron chi connectivity index (χ4n) is 3.42. The highest BCUT2D eigenvalue weighted by Crippen LogP contribution is 2.31. The molecule has 1 atom stereocenters. The average Bonchev–Trinajstić information content (AvgIpc) is 3.40. The molecule has 11 heteroatoms. The van der Waals surface area contributed by atoms with Crippen LogP contribution in [0.5, 0.6) is 0 Å². The normalized spacial score (nSPS) is 15.6. The number of nitrogens with one attached hydrogen (secondary N) is 2. The van der Waals surface area contributed by atoms with Gasteiger partial charge in [0, 0.05) is 41.1 Å². The molecule has 9 nitrogen and oxygen atoms in total. The number of aromatic nitrogens is 1. The van der Waals surface area contributed by atoms with Crippen LogP contribution in [0.4, 0.5) is 16.5 Å². The van der Waals surface area contributed by atoms with E-state index in [-0.39, 0.29) is 30.5 Å². The molecule has 2 aromatic carbocycles. The molecule has 2 amide bonds. The highest BCUT2D eigenvalue weighted by Gasteiger charge is 2.36. The number of thiazole rings is 1. The van der Waals surface area contributed by atoms with E-state index < -0.39 is 10.8 Å². The molecule has 1 aliphatic rings. The third kappa shape index (κ3) is 4.56. The van der Waals surface area contributed by atoms with Crippen molar-refractivity contribution in [1.82, 2.24) is 10.4 Å². The molecule has 2 heterocycles. The van der Waals surface area contributed by atoms with Crippen molar-refractivity contribution in [3.8, 4) is 11.3 Å². The number of carbonyl (C=O) groups excluding carboxylic acids is 2. The number of anilines is 2. The Balaban J connectivity index is 1.39. The van der Waals surface area contributed by atoms with Gasteiger partial charge in [-0.05, 0) is 24.6 Å². The van der Waals surface area contributed by atoms with Crippen LogP contribution in [-0.4, -0.2) is 28.3 Å². The number of nitro groups is 1. The van der Waals surface area contributed by atoms with Crippen LogP contribution in [0.3, 0.4) is 0 Å². The average molecular weight is 472 g/mol. The molecule has 1 unspecified atom stereocenters. The first-order valence-electron chi connectivity index (χ1n) is 9.64. The van der Waals surface area contributed by atoms with Gasteiger partial charge in [-0.2, -0.15) is 0 Å². The molecule has 3 aromatic rings. The summed E-state index contributed by atoms with van der Waals surface area (Å²) in [6.07, 6.45) is 0.0174. The summed E-state index contributed by atoms with van der Waals surface area (Å²) in [6.45, 7) is 1.91. The van der Waals surface area contributed by atoms with Gasteiger partial charge in [0.15, 0.2) is 0 Å². The Morgan fingerprint density at radius 1 is 1.28 bits per heavy atom. The van der Waals surface area contributed by atoms with Crippen LogP contribution in [-0.2, 0) is 9.59 Å². The van der Waals surface area contributed by atoms with Crippen molar-refractivity contribution in [2.75, 3.05) is 16.9 Å². The summed E-state index contributed by atoms with van der Waals surface area (Å²) in [5, 5.41) is 14.1.